The molecule has 3 heterocycles. The van der Waals surface area contributed by atoms with Gasteiger partial charge < -0.3 is 14.8 Å². The third-order valence-corrected chi connectivity index (χ3v) is 5.08. The lowest BCUT2D eigenvalue weighted by molar-refractivity contribution is 0.184. The lowest BCUT2D eigenvalue weighted by Crippen LogP contribution is -2.55. The van der Waals surface area contributed by atoms with E-state index in [0.29, 0.717) is 30.6 Å². The van der Waals surface area contributed by atoms with Gasteiger partial charge in [0.1, 0.15) is 5.82 Å². The lowest BCUT2D eigenvalue weighted by atomic mass is 10.2. The SMILES string of the molecule is Cc1ccc2nc(NC(=O)N3CCN(c4ncccc4Cl)C[C@H]3C)[nH]c2c1. The molecule has 140 valence electrons. The summed E-state index contributed by atoms with van der Waals surface area (Å²) in [6.07, 6.45) is 1.73. The Morgan fingerprint density at radius 2 is 2.19 bits per heavy atom. The number of imidazole rings is 1. The zero-order valence-electron chi connectivity index (χ0n) is 15.2. The molecular formula is C19H21ClN6O. The first kappa shape index (κ1) is 17.6. The minimum atomic E-state index is -0.162. The van der Waals surface area contributed by atoms with E-state index >= 15 is 0 Å². The van der Waals surface area contributed by atoms with Crippen molar-refractivity contribution in [2.75, 3.05) is 29.9 Å². The van der Waals surface area contributed by atoms with Crippen LogP contribution in [0.4, 0.5) is 16.6 Å². The maximum atomic E-state index is 12.7. The van der Waals surface area contributed by atoms with Crippen LogP contribution >= 0.6 is 11.6 Å². The van der Waals surface area contributed by atoms with Gasteiger partial charge in [0.25, 0.3) is 0 Å². The third-order valence-electron chi connectivity index (χ3n) is 4.79. The number of urea groups is 1. The summed E-state index contributed by atoms with van der Waals surface area (Å²) < 4.78 is 0. The number of amides is 2. The van der Waals surface area contributed by atoms with Crippen LogP contribution < -0.4 is 10.2 Å². The highest BCUT2D eigenvalue weighted by atomic mass is 35.5. The van der Waals surface area contributed by atoms with Crippen molar-refractivity contribution in [3.8, 4) is 0 Å². The van der Waals surface area contributed by atoms with Crippen molar-refractivity contribution in [2.45, 2.75) is 19.9 Å². The van der Waals surface area contributed by atoms with Gasteiger partial charge in [-0.25, -0.2) is 14.8 Å². The predicted octanol–water partition coefficient (Wildman–Crippen LogP) is 3.66. The van der Waals surface area contributed by atoms with Crippen molar-refractivity contribution in [3.63, 3.8) is 0 Å². The molecule has 1 fully saturated rings. The molecule has 7 nitrogen and oxygen atoms in total. The number of hydrogen-bond acceptors (Lipinski definition) is 4. The number of carbonyl (C=O) groups excluding carboxylic acids is 1. The quantitative estimate of drug-likeness (QED) is 0.706. The molecule has 1 aliphatic heterocycles. The Labute approximate surface area is 162 Å². The van der Waals surface area contributed by atoms with Crippen LogP contribution in [0.25, 0.3) is 11.0 Å². The van der Waals surface area contributed by atoms with Crippen molar-refractivity contribution in [3.05, 3.63) is 47.1 Å². The topological polar surface area (TPSA) is 77.2 Å². The molecule has 2 N–H and O–H groups in total. The van der Waals surface area contributed by atoms with Crippen molar-refractivity contribution >= 4 is 40.4 Å². The van der Waals surface area contributed by atoms with Crippen LogP contribution in [-0.4, -0.2) is 51.6 Å². The molecular weight excluding hydrogens is 364 g/mol. The van der Waals surface area contributed by atoms with E-state index in [1.165, 1.54) is 0 Å². The number of piperazine rings is 1. The Morgan fingerprint density at radius 3 is 2.96 bits per heavy atom. The molecule has 1 atom stereocenters. The third kappa shape index (κ3) is 3.55. The van der Waals surface area contributed by atoms with Gasteiger partial charge >= 0.3 is 6.03 Å². The molecule has 2 amide bonds. The van der Waals surface area contributed by atoms with E-state index in [9.17, 15) is 4.79 Å². The van der Waals surface area contributed by atoms with Crippen LogP contribution in [-0.2, 0) is 0 Å². The number of anilines is 2. The average molecular weight is 385 g/mol. The van der Waals surface area contributed by atoms with Gasteiger partial charge in [-0.15, -0.1) is 0 Å². The van der Waals surface area contributed by atoms with Crippen LogP contribution in [0.15, 0.2) is 36.5 Å². The highest BCUT2D eigenvalue weighted by Crippen LogP contribution is 2.25. The molecule has 4 rings (SSSR count). The summed E-state index contributed by atoms with van der Waals surface area (Å²) in [7, 11) is 0. The molecule has 1 saturated heterocycles. The fourth-order valence-electron chi connectivity index (χ4n) is 3.42. The molecule has 8 heteroatoms. The number of rotatable bonds is 2. The number of aromatic amines is 1. The number of carbonyl (C=O) groups is 1. The van der Waals surface area contributed by atoms with E-state index in [0.717, 1.165) is 22.4 Å². The number of benzene rings is 1. The summed E-state index contributed by atoms with van der Waals surface area (Å²) in [4.78, 5) is 28.6. The van der Waals surface area contributed by atoms with Gasteiger partial charge in [0.15, 0.2) is 0 Å². The second-order valence-corrected chi connectivity index (χ2v) is 7.24. The molecule has 0 aliphatic carbocycles. The van der Waals surface area contributed by atoms with Gasteiger partial charge in [-0.1, -0.05) is 17.7 Å². The van der Waals surface area contributed by atoms with Crippen molar-refractivity contribution in [1.29, 1.82) is 0 Å². The van der Waals surface area contributed by atoms with Gasteiger partial charge in [0.05, 0.1) is 16.1 Å². The molecule has 2 aromatic heterocycles. The second kappa shape index (κ2) is 7.08. The number of aryl methyl sites for hydroxylation is 1. The molecule has 0 saturated carbocycles. The molecule has 0 bridgehead atoms. The Bertz CT molecular complexity index is 987. The smallest absolute Gasteiger partial charge is 0.324 e. The molecule has 0 unspecified atom stereocenters. The minimum Gasteiger partial charge on any atom is -0.352 e. The highest BCUT2D eigenvalue weighted by molar-refractivity contribution is 6.32. The van der Waals surface area contributed by atoms with Gasteiger partial charge in [-0.05, 0) is 43.7 Å². The number of fused-ring (bicyclic) bond motifs is 1. The number of H-pyrrole nitrogens is 1. The summed E-state index contributed by atoms with van der Waals surface area (Å²) in [6, 6.07) is 9.45. The van der Waals surface area contributed by atoms with Crippen molar-refractivity contribution < 1.29 is 4.79 Å². The summed E-state index contributed by atoms with van der Waals surface area (Å²) in [5, 5.41) is 3.50. The average Bonchev–Trinajstić information content (AvgIpc) is 3.03. The zero-order chi connectivity index (χ0) is 19.0. The van der Waals surface area contributed by atoms with Gasteiger partial charge in [0.2, 0.25) is 5.95 Å². The van der Waals surface area contributed by atoms with Crippen LogP contribution in [0.5, 0.6) is 0 Å². The lowest BCUT2D eigenvalue weighted by Gasteiger charge is -2.40. The van der Waals surface area contributed by atoms with E-state index < -0.39 is 0 Å². The van der Waals surface area contributed by atoms with E-state index in [1.54, 1.807) is 6.20 Å². The Kier molecular flexibility index (Phi) is 4.61. The number of nitrogens with one attached hydrogen (secondary N) is 2. The number of hydrogen-bond donors (Lipinski definition) is 2. The van der Waals surface area contributed by atoms with E-state index in [-0.39, 0.29) is 12.1 Å². The van der Waals surface area contributed by atoms with Gasteiger partial charge in [-0.2, -0.15) is 0 Å². The summed E-state index contributed by atoms with van der Waals surface area (Å²) in [6.45, 7) is 5.97. The minimum absolute atomic E-state index is 0.0171. The molecule has 0 radical (unpaired) electrons. The number of aromatic nitrogens is 3. The van der Waals surface area contributed by atoms with Crippen molar-refractivity contribution in [2.24, 2.45) is 0 Å². The molecule has 27 heavy (non-hydrogen) atoms. The predicted molar refractivity (Wildman–Crippen MR) is 107 cm³/mol. The maximum Gasteiger partial charge on any atom is 0.324 e. The molecule has 0 spiro atoms. The van der Waals surface area contributed by atoms with E-state index in [1.807, 2.05) is 49.1 Å². The molecule has 1 aliphatic rings. The zero-order valence-corrected chi connectivity index (χ0v) is 16.0. The fourth-order valence-corrected chi connectivity index (χ4v) is 3.66. The van der Waals surface area contributed by atoms with Crippen LogP contribution in [0.3, 0.4) is 0 Å². The normalized spacial score (nSPS) is 17.4. The molecule has 3 aromatic rings. The van der Waals surface area contributed by atoms with Crippen LogP contribution in [0, 0.1) is 6.92 Å². The Morgan fingerprint density at radius 1 is 1.33 bits per heavy atom. The Hall–Kier alpha value is -2.80. The fraction of sp³-hybridized carbons (Fsp3) is 0.316. The maximum absolute atomic E-state index is 12.7. The van der Waals surface area contributed by atoms with Gasteiger partial charge in [0, 0.05) is 31.9 Å². The number of pyridine rings is 1. The van der Waals surface area contributed by atoms with Crippen LogP contribution in [0.1, 0.15) is 12.5 Å². The van der Waals surface area contributed by atoms with Crippen LogP contribution in [0.2, 0.25) is 5.02 Å². The van der Waals surface area contributed by atoms with Crippen molar-refractivity contribution in [1.82, 2.24) is 19.9 Å². The molecule has 1 aromatic carbocycles. The number of nitrogens with zero attached hydrogens (tertiary/aromatic N) is 4. The first-order chi connectivity index (χ1) is 13.0. The Balaban J connectivity index is 1.44. The standard InChI is InChI=1S/C19H21ClN6O/c1-12-5-6-15-16(10-12)23-18(22-15)24-19(27)26-9-8-25(11-13(26)2)17-14(20)4-3-7-21-17/h3-7,10,13H,8-9,11H2,1-2H3,(H2,22,23,24,27)/t13-/m1/s1. The first-order valence-corrected chi connectivity index (χ1v) is 9.28. The van der Waals surface area contributed by atoms with E-state index in [4.69, 9.17) is 11.6 Å². The summed E-state index contributed by atoms with van der Waals surface area (Å²) >= 11 is 6.25. The van der Waals surface area contributed by atoms with Gasteiger partial charge in [-0.3, -0.25) is 5.32 Å². The first-order valence-electron chi connectivity index (χ1n) is 8.91. The summed E-state index contributed by atoms with van der Waals surface area (Å²) in [5.74, 6) is 1.22. The second-order valence-electron chi connectivity index (χ2n) is 6.83. The highest BCUT2D eigenvalue weighted by Gasteiger charge is 2.29. The monoisotopic (exact) mass is 384 g/mol. The number of halogens is 1. The largest absolute Gasteiger partial charge is 0.352 e. The van der Waals surface area contributed by atoms with E-state index in [2.05, 4.69) is 25.2 Å². The summed E-state index contributed by atoms with van der Waals surface area (Å²) in [5.41, 5.74) is 2.88.